The van der Waals surface area contributed by atoms with E-state index in [0.29, 0.717) is 0 Å². The molecule has 0 aliphatic heterocycles. The number of fused-ring (bicyclic) bond motifs is 1. The first-order chi connectivity index (χ1) is 6.24. The topological polar surface area (TPSA) is 0 Å². The molecule has 0 unspecified atom stereocenters. The molecule has 0 fully saturated rings. The lowest BCUT2D eigenvalue weighted by molar-refractivity contribution is 1.13. The Morgan fingerprint density at radius 1 is 1.54 bits per heavy atom. The van der Waals surface area contributed by atoms with Gasteiger partial charge in [0.25, 0.3) is 0 Å². The summed E-state index contributed by atoms with van der Waals surface area (Å²) in [5.41, 5.74) is 1.43. The molecule has 2 aromatic rings. The van der Waals surface area contributed by atoms with Gasteiger partial charge in [-0.1, -0.05) is 6.92 Å². The highest BCUT2D eigenvalue weighted by Gasteiger charge is 2.08. The van der Waals surface area contributed by atoms with E-state index in [9.17, 15) is 0 Å². The minimum Gasteiger partial charge on any atom is -0.144 e. The highest BCUT2D eigenvalue weighted by Crippen LogP contribution is 2.34. The Hall–Kier alpha value is 0.390. The van der Waals surface area contributed by atoms with Gasteiger partial charge in [0.05, 0.1) is 0 Å². The van der Waals surface area contributed by atoms with Crippen LogP contribution in [0.3, 0.4) is 0 Å². The van der Waals surface area contributed by atoms with E-state index in [0.717, 1.165) is 6.42 Å². The highest BCUT2D eigenvalue weighted by molar-refractivity contribution is 14.1. The van der Waals surface area contributed by atoms with Crippen LogP contribution in [-0.4, -0.2) is 0 Å². The van der Waals surface area contributed by atoms with Crippen molar-refractivity contribution in [2.45, 2.75) is 13.3 Å². The van der Waals surface area contributed by atoms with Crippen LogP contribution in [0.5, 0.6) is 0 Å². The number of rotatable bonds is 1. The zero-order valence-electron chi connectivity index (χ0n) is 7.10. The second-order valence-corrected chi connectivity index (χ2v) is 5.67. The van der Waals surface area contributed by atoms with E-state index in [2.05, 4.69) is 63.0 Å². The second kappa shape index (κ2) is 3.87. The average molecular weight is 367 g/mol. The lowest BCUT2D eigenvalue weighted by Crippen LogP contribution is -1.87. The second-order valence-electron chi connectivity index (χ2n) is 2.85. The van der Waals surface area contributed by atoms with Crippen LogP contribution in [0, 0.1) is 3.57 Å². The molecule has 3 heteroatoms. The normalized spacial score (nSPS) is 11.0. The van der Waals surface area contributed by atoms with Gasteiger partial charge in [-0.05, 0) is 68.0 Å². The van der Waals surface area contributed by atoms with Crippen molar-refractivity contribution in [3.05, 3.63) is 31.1 Å². The van der Waals surface area contributed by atoms with Gasteiger partial charge in [-0.3, -0.25) is 0 Å². The van der Waals surface area contributed by atoms with Gasteiger partial charge in [-0.25, -0.2) is 0 Å². The molecule has 0 saturated carbocycles. The molecule has 1 aromatic heterocycles. The summed E-state index contributed by atoms with van der Waals surface area (Å²) < 4.78 is 3.99. The van der Waals surface area contributed by atoms with Crippen molar-refractivity contribution in [1.29, 1.82) is 0 Å². The molecule has 13 heavy (non-hydrogen) atoms. The van der Waals surface area contributed by atoms with Gasteiger partial charge in [0.15, 0.2) is 0 Å². The van der Waals surface area contributed by atoms with Crippen LogP contribution in [0.2, 0.25) is 0 Å². The standard InChI is InChI=1S/C10H8BrIS/c1-2-6-5-8-7(3-4-13-8)9(11)10(6)12/h3-5H,2H2,1H3. The van der Waals surface area contributed by atoms with E-state index >= 15 is 0 Å². The minimum absolute atomic E-state index is 1.10. The Morgan fingerprint density at radius 2 is 2.31 bits per heavy atom. The van der Waals surface area contributed by atoms with E-state index in [1.165, 1.54) is 23.7 Å². The molecule has 0 radical (unpaired) electrons. The van der Waals surface area contributed by atoms with Crippen LogP contribution in [0.4, 0.5) is 0 Å². The molecular weight excluding hydrogens is 359 g/mol. The maximum atomic E-state index is 3.65. The Bertz CT molecular complexity index is 447. The van der Waals surface area contributed by atoms with E-state index in [4.69, 9.17) is 0 Å². The largest absolute Gasteiger partial charge is 0.144 e. The Balaban J connectivity index is 2.83. The molecule has 1 aromatic carbocycles. The summed E-state index contributed by atoms with van der Waals surface area (Å²) >= 11 is 7.87. The van der Waals surface area contributed by atoms with Crippen LogP contribution >= 0.6 is 49.9 Å². The van der Waals surface area contributed by atoms with Gasteiger partial charge in [0.1, 0.15) is 0 Å². The van der Waals surface area contributed by atoms with Crippen LogP contribution in [-0.2, 0) is 6.42 Å². The number of thiophene rings is 1. The van der Waals surface area contributed by atoms with Gasteiger partial charge < -0.3 is 0 Å². The first kappa shape index (κ1) is 9.93. The van der Waals surface area contributed by atoms with E-state index in [1.807, 2.05) is 0 Å². The number of hydrogen-bond acceptors (Lipinski definition) is 1. The summed E-state index contributed by atoms with van der Waals surface area (Å²) in [5.74, 6) is 0. The van der Waals surface area contributed by atoms with Crippen molar-refractivity contribution in [3.8, 4) is 0 Å². The summed E-state index contributed by atoms with van der Waals surface area (Å²) in [4.78, 5) is 0. The van der Waals surface area contributed by atoms with Gasteiger partial charge >= 0.3 is 0 Å². The summed E-state index contributed by atoms with van der Waals surface area (Å²) in [6, 6.07) is 4.47. The predicted octanol–water partition coefficient (Wildman–Crippen LogP) is 4.83. The molecule has 68 valence electrons. The lowest BCUT2D eigenvalue weighted by Gasteiger charge is -2.04. The summed E-state index contributed by atoms with van der Waals surface area (Å²) in [6.45, 7) is 2.20. The van der Waals surface area contributed by atoms with Crippen LogP contribution in [0.15, 0.2) is 22.0 Å². The molecule has 0 nitrogen and oxygen atoms in total. The van der Waals surface area contributed by atoms with Crippen molar-refractivity contribution in [1.82, 2.24) is 0 Å². The molecule has 0 bridgehead atoms. The Labute approximate surface area is 104 Å². The summed E-state index contributed by atoms with van der Waals surface area (Å²) in [6.07, 6.45) is 1.10. The summed E-state index contributed by atoms with van der Waals surface area (Å²) in [5, 5.41) is 3.48. The van der Waals surface area contributed by atoms with Gasteiger partial charge in [-0.15, -0.1) is 11.3 Å². The monoisotopic (exact) mass is 366 g/mol. The minimum atomic E-state index is 1.10. The summed E-state index contributed by atoms with van der Waals surface area (Å²) in [7, 11) is 0. The van der Waals surface area contributed by atoms with Crippen molar-refractivity contribution in [3.63, 3.8) is 0 Å². The molecule has 1 heterocycles. The zero-order chi connectivity index (χ0) is 9.42. The zero-order valence-corrected chi connectivity index (χ0v) is 11.7. The fourth-order valence-electron chi connectivity index (χ4n) is 1.35. The quantitative estimate of drug-likeness (QED) is 0.634. The first-order valence-electron chi connectivity index (χ1n) is 4.08. The fraction of sp³-hybridized carbons (Fsp3) is 0.200. The molecule has 0 spiro atoms. The number of aryl methyl sites for hydroxylation is 1. The van der Waals surface area contributed by atoms with E-state index < -0.39 is 0 Å². The number of hydrogen-bond donors (Lipinski definition) is 0. The molecule has 0 aliphatic carbocycles. The molecule has 0 amide bonds. The highest BCUT2D eigenvalue weighted by atomic mass is 127. The van der Waals surface area contributed by atoms with Crippen molar-refractivity contribution < 1.29 is 0 Å². The Kier molecular flexibility index (Phi) is 2.95. The number of halogens is 2. The molecule has 0 N–H and O–H groups in total. The molecular formula is C10H8BrIS. The first-order valence-corrected chi connectivity index (χ1v) is 6.83. The smallest absolute Gasteiger partial charge is 0.0398 e. The number of benzene rings is 1. The van der Waals surface area contributed by atoms with Crippen LogP contribution in [0.1, 0.15) is 12.5 Å². The van der Waals surface area contributed by atoms with E-state index in [1.54, 1.807) is 11.3 Å². The Morgan fingerprint density at radius 3 is 3.00 bits per heavy atom. The molecule has 2 rings (SSSR count). The predicted molar refractivity (Wildman–Crippen MR) is 71.6 cm³/mol. The van der Waals surface area contributed by atoms with E-state index in [-0.39, 0.29) is 0 Å². The third-order valence-electron chi connectivity index (χ3n) is 2.09. The van der Waals surface area contributed by atoms with Gasteiger partial charge in [0, 0.05) is 18.1 Å². The SMILES string of the molecule is CCc1cc2sccc2c(Br)c1I. The molecule has 0 aliphatic rings. The molecule has 0 atom stereocenters. The van der Waals surface area contributed by atoms with Gasteiger partial charge in [0.2, 0.25) is 0 Å². The molecule has 0 saturated heterocycles. The van der Waals surface area contributed by atoms with Crippen molar-refractivity contribution in [2.24, 2.45) is 0 Å². The third kappa shape index (κ3) is 1.66. The van der Waals surface area contributed by atoms with Crippen LogP contribution in [0.25, 0.3) is 10.1 Å². The average Bonchev–Trinajstić information content (AvgIpc) is 2.59. The maximum absolute atomic E-state index is 3.65. The third-order valence-corrected chi connectivity index (χ3v) is 5.75. The maximum Gasteiger partial charge on any atom is 0.0398 e. The fourth-order valence-corrected chi connectivity index (χ4v) is 3.77. The van der Waals surface area contributed by atoms with Crippen molar-refractivity contribution >= 4 is 59.9 Å². The van der Waals surface area contributed by atoms with Gasteiger partial charge in [-0.2, -0.15) is 0 Å². The lowest BCUT2D eigenvalue weighted by atomic mass is 10.1. The van der Waals surface area contributed by atoms with Crippen molar-refractivity contribution in [2.75, 3.05) is 0 Å². The van der Waals surface area contributed by atoms with Crippen LogP contribution < -0.4 is 0 Å².